The number of carbonyl (C=O) groups is 3. The van der Waals surface area contributed by atoms with Gasteiger partial charge in [0.15, 0.2) is 0 Å². The molecule has 140 valence electrons. The van der Waals surface area contributed by atoms with Crippen molar-refractivity contribution in [3.63, 3.8) is 0 Å². The molecule has 0 bridgehead atoms. The van der Waals surface area contributed by atoms with Crippen LogP contribution in [0, 0.1) is 24.7 Å². The number of nitrogens with one attached hydrogen (secondary N) is 2. The minimum Gasteiger partial charge on any atom is -0.481 e. The Morgan fingerprint density at radius 2 is 1.81 bits per heavy atom. The molecule has 0 heterocycles. The van der Waals surface area contributed by atoms with Crippen molar-refractivity contribution in [1.29, 1.82) is 0 Å². The number of amides is 2. The van der Waals surface area contributed by atoms with Crippen molar-refractivity contribution in [2.24, 2.45) is 17.8 Å². The summed E-state index contributed by atoms with van der Waals surface area (Å²) in [6.07, 6.45) is 4.43. The van der Waals surface area contributed by atoms with Crippen molar-refractivity contribution in [2.45, 2.75) is 33.6 Å². The van der Waals surface area contributed by atoms with Gasteiger partial charge in [-0.3, -0.25) is 14.4 Å². The minimum absolute atomic E-state index is 0.150. The van der Waals surface area contributed by atoms with Gasteiger partial charge in [0.1, 0.15) is 0 Å². The molecule has 6 heteroatoms. The number of allylic oxidation sites excluding steroid dienone is 2. The third-order valence-electron chi connectivity index (χ3n) is 4.50. The summed E-state index contributed by atoms with van der Waals surface area (Å²) in [5.74, 6) is -2.34. The number of carbonyl (C=O) groups excluding carboxylic acids is 2. The number of carboxylic acids is 1. The van der Waals surface area contributed by atoms with E-state index >= 15 is 0 Å². The van der Waals surface area contributed by atoms with E-state index in [0.29, 0.717) is 36.6 Å². The smallest absolute Gasteiger partial charge is 0.307 e. The Balaban J connectivity index is 2.07. The van der Waals surface area contributed by atoms with Crippen molar-refractivity contribution in [3.8, 4) is 0 Å². The number of anilines is 1. The lowest BCUT2D eigenvalue weighted by atomic mass is 9.82. The van der Waals surface area contributed by atoms with Gasteiger partial charge in [-0.05, 0) is 49.4 Å². The number of aliphatic carboxylic acids is 1. The fourth-order valence-electron chi connectivity index (χ4n) is 2.95. The molecule has 0 unspecified atom stereocenters. The van der Waals surface area contributed by atoms with Crippen LogP contribution in [0.3, 0.4) is 0 Å². The maximum atomic E-state index is 12.5. The van der Waals surface area contributed by atoms with Crippen molar-refractivity contribution < 1.29 is 19.5 Å². The first kappa shape index (κ1) is 19.7. The second-order valence-corrected chi connectivity index (χ2v) is 7.12. The first-order valence-electron chi connectivity index (χ1n) is 8.87. The van der Waals surface area contributed by atoms with Crippen molar-refractivity contribution in [2.75, 3.05) is 11.9 Å². The van der Waals surface area contributed by atoms with Crippen LogP contribution in [0.25, 0.3) is 0 Å². The van der Waals surface area contributed by atoms with Crippen LogP contribution in [-0.4, -0.2) is 29.4 Å². The Morgan fingerprint density at radius 3 is 2.38 bits per heavy atom. The summed E-state index contributed by atoms with van der Waals surface area (Å²) in [7, 11) is 0. The van der Waals surface area contributed by atoms with Gasteiger partial charge in [0.25, 0.3) is 5.91 Å². The number of aryl methyl sites for hydroxylation is 1. The van der Waals surface area contributed by atoms with E-state index in [4.69, 9.17) is 0 Å². The first-order chi connectivity index (χ1) is 12.3. The van der Waals surface area contributed by atoms with Crippen LogP contribution < -0.4 is 10.6 Å². The van der Waals surface area contributed by atoms with Crippen molar-refractivity contribution in [3.05, 3.63) is 41.5 Å². The number of rotatable bonds is 6. The van der Waals surface area contributed by atoms with Crippen LogP contribution in [0.5, 0.6) is 0 Å². The van der Waals surface area contributed by atoms with Gasteiger partial charge in [-0.25, -0.2) is 0 Å². The predicted octanol–water partition coefficient (Wildman–Crippen LogP) is 2.99. The summed E-state index contributed by atoms with van der Waals surface area (Å²) in [5, 5.41) is 15.0. The van der Waals surface area contributed by atoms with Crippen LogP contribution in [0.4, 0.5) is 5.69 Å². The molecule has 6 nitrogen and oxygen atoms in total. The van der Waals surface area contributed by atoms with E-state index in [1.807, 2.05) is 26.8 Å². The Kier molecular flexibility index (Phi) is 6.55. The average molecular weight is 358 g/mol. The molecule has 0 saturated heterocycles. The molecule has 26 heavy (non-hydrogen) atoms. The van der Waals surface area contributed by atoms with Crippen LogP contribution >= 0.6 is 0 Å². The largest absolute Gasteiger partial charge is 0.481 e. The fourth-order valence-corrected chi connectivity index (χ4v) is 2.95. The zero-order valence-electron chi connectivity index (χ0n) is 15.4. The molecule has 1 aromatic rings. The summed E-state index contributed by atoms with van der Waals surface area (Å²) < 4.78 is 0. The molecule has 2 atom stereocenters. The molecule has 1 aromatic carbocycles. The Morgan fingerprint density at radius 1 is 1.15 bits per heavy atom. The lowest BCUT2D eigenvalue weighted by molar-refractivity contribution is -0.146. The first-order valence-corrected chi connectivity index (χ1v) is 8.87. The highest BCUT2D eigenvalue weighted by Gasteiger charge is 2.34. The second-order valence-electron chi connectivity index (χ2n) is 7.12. The quantitative estimate of drug-likeness (QED) is 0.681. The lowest BCUT2D eigenvalue weighted by Crippen LogP contribution is -2.34. The van der Waals surface area contributed by atoms with E-state index < -0.39 is 17.8 Å². The third-order valence-corrected chi connectivity index (χ3v) is 4.50. The standard InChI is InChI=1S/C20H26N2O4/c1-12(2)11-21-18(23)14-8-9-17(13(3)10-14)22-19(24)15-6-4-5-7-16(15)20(25)26/h4-5,8-10,12,15-16H,6-7,11H2,1-3H3,(H,21,23)(H,22,24)(H,25,26)/t15-,16-/m0/s1. The predicted molar refractivity (Wildman–Crippen MR) is 100.0 cm³/mol. The highest BCUT2D eigenvalue weighted by molar-refractivity contribution is 5.98. The van der Waals surface area contributed by atoms with E-state index in [0.717, 1.165) is 5.56 Å². The molecule has 0 radical (unpaired) electrons. The lowest BCUT2D eigenvalue weighted by Gasteiger charge is -2.24. The van der Waals surface area contributed by atoms with Crippen LogP contribution in [0.1, 0.15) is 42.6 Å². The fraction of sp³-hybridized carbons (Fsp3) is 0.450. The molecular weight excluding hydrogens is 332 g/mol. The van der Waals surface area contributed by atoms with E-state index in [1.165, 1.54) is 0 Å². The molecule has 0 fully saturated rings. The van der Waals surface area contributed by atoms with Crippen LogP contribution in [0.2, 0.25) is 0 Å². The van der Waals surface area contributed by atoms with Crippen LogP contribution in [-0.2, 0) is 9.59 Å². The zero-order valence-corrected chi connectivity index (χ0v) is 15.4. The second kappa shape index (κ2) is 8.65. The van der Waals surface area contributed by atoms with E-state index in [1.54, 1.807) is 24.3 Å². The average Bonchev–Trinajstić information content (AvgIpc) is 2.61. The molecule has 1 aliphatic rings. The SMILES string of the molecule is Cc1cc(C(=O)NCC(C)C)ccc1NC(=O)[C@H]1CC=CC[C@@H]1C(=O)O. The molecule has 0 saturated carbocycles. The summed E-state index contributed by atoms with van der Waals surface area (Å²) >= 11 is 0. The Bertz CT molecular complexity index is 725. The monoisotopic (exact) mass is 358 g/mol. The molecule has 0 aliphatic heterocycles. The van der Waals surface area contributed by atoms with Crippen LogP contribution in [0.15, 0.2) is 30.4 Å². The highest BCUT2D eigenvalue weighted by Crippen LogP contribution is 2.28. The number of hydrogen-bond donors (Lipinski definition) is 3. The molecule has 1 aliphatic carbocycles. The van der Waals surface area contributed by atoms with Gasteiger partial charge in [-0.2, -0.15) is 0 Å². The molecular formula is C20H26N2O4. The summed E-state index contributed by atoms with van der Waals surface area (Å²) in [6, 6.07) is 5.07. The summed E-state index contributed by atoms with van der Waals surface area (Å²) in [4.78, 5) is 36.0. The topological polar surface area (TPSA) is 95.5 Å². The number of benzene rings is 1. The normalized spacial score (nSPS) is 19.2. The van der Waals surface area contributed by atoms with Gasteiger partial charge in [0.2, 0.25) is 5.91 Å². The van der Waals surface area contributed by atoms with Gasteiger partial charge in [0, 0.05) is 17.8 Å². The van der Waals surface area contributed by atoms with E-state index in [2.05, 4.69) is 10.6 Å². The van der Waals surface area contributed by atoms with E-state index in [9.17, 15) is 19.5 Å². The molecule has 3 N–H and O–H groups in total. The highest BCUT2D eigenvalue weighted by atomic mass is 16.4. The van der Waals surface area contributed by atoms with Crippen molar-refractivity contribution >= 4 is 23.5 Å². The van der Waals surface area contributed by atoms with Gasteiger partial charge in [0.05, 0.1) is 11.8 Å². The maximum absolute atomic E-state index is 12.5. The van der Waals surface area contributed by atoms with Crippen molar-refractivity contribution in [1.82, 2.24) is 5.32 Å². The molecule has 2 amide bonds. The summed E-state index contributed by atoms with van der Waals surface area (Å²) in [6.45, 7) is 6.45. The number of carboxylic acid groups (broad SMARTS) is 1. The molecule has 0 spiro atoms. The Hall–Kier alpha value is -2.63. The number of hydrogen-bond acceptors (Lipinski definition) is 3. The van der Waals surface area contributed by atoms with Gasteiger partial charge in [-0.15, -0.1) is 0 Å². The molecule has 0 aromatic heterocycles. The zero-order chi connectivity index (χ0) is 19.3. The summed E-state index contributed by atoms with van der Waals surface area (Å²) in [5.41, 5.74) is 1.88. The van der Waals surface area contributed by atoms with Gasteiger partial charge >= 0.3 is 5.97 Å². The van der Waals surface area contributed by atoms with Gasteiger partial charge < -0.3 is 15.7 Å². The third kappa shape index (κ3) is 4.94. The molecule has 2 rings (SSSR count). The maximum Gasteiger partial charge on any atom is 0.307 e. The minimum atomic E-state index is -0.955. The van der Waals surface area contributed by atoms with Gasteiger partial charge in [-0.1, -0.05) is 26.0 Å². The Labute approximate surface area is 153 Å². The van der Waals surface area contributed by atoms with E-state index in [-0.39, 0.29) is 11.8 Å².